The van der Waals surface area contributed by atoms with E-state index in [1.807, 2.05) is 0 Å². The van der Waals surface area contributed by atoms with Gasteiger partial charge in [0.2, 0.25) is 0 Å². The Kier molecular flexibility index (Phi) is 3.60. The number of nitro groups is 1. The minimum absolute atomic E-state index is 0.111. The third kappa shape index (κ3) is 2.56. The number of hydrogen-bond acceptors (Lipinski definition) is 5. The minimum Gasteiger partial charge on any atom is -0.481 e. The molecule has 0 heterocycles. The van der Waals surface area contributed by atoms with Crippen molar-refractivity contribution in [1.82, 2.24) is 0 Å². The third-order valence-corrected chi connectivity index (χ3v) is 2.40. The van der Waals surface area contributed by atoms with Crippen molar-refractivity contribution in [3.05, 3.63) is 21.9 Å². The number of nitrogens with zero attached hydrogens (tertiary/aromatic N) is 1. The highest BCUT2D eigenvalue weighted by Crippen LogP contribution is 2.32. The van der Waals surface area contributed by atoms with Gasteiger partial charge < -0.3 is 9.84 Å². The van der Waals surface area contributed by atoms with E-state index in [4.69, 9.17) is 5.11 Å². The molecule has 0 aromatic heterocycles. The summed E-state index contributed by atoms with van der Waals surface area (Å²) in [7, 11) is 0. The maximum Gasteiger partial charge on any atom is 0.317 e. The van der Waals surface area contributed by atoms with Crippen molar-refractivity contribution in [1.29, 1.82) is 0 Å². The molecular formula is C9H11NO6. The van der Waals surface area contributed by atoms with E-state index in [0.717, 1.165) is 0 Å². The van der Waals surface area contributed by atoms with Gasteiger partial charge in [-0.05, 0) is 12.5 Å². The smallest absolute Gasteiger partial charge is 0.317 e. The molecule has 0 aromatic carbocycles. The van der Waals surface area contributed by atoms with Crippen LogP contribution in [0.4, 0.5) is 0 Å². The van der Waals surface area contributed by atoms with Crippen LogP contribution in [0, 0.1) is 22.0 Å². The molecule has 0 amide bonds. The number of carbonyl (C=O) groups excluding carboxylic acids is 1. The maximum atomic E-state index is 10.9. The molecule has 0 bridgehead atoms. The van der Waals surface area contributed by atoms with E-state index in [-0.39, 0.29) is 18.7 Å². The first-order valence-electron chi connectivity index (χ1n) is 4.64. The summed E-state index contributed by atoms with van der Waals surface area (Å²) >= 11 is 0. The van der Waals surface area contributed by atoms with E-state index in [1.165, 1.54) is 13.0 Å². The lowest BCUT2D eigenvalue weighted by molar-refractivity contribution is -0.432. The van der Waals surface area contributed by atoms with Crippen molar-refractivity contribution in [3.8, 4) is 0 Å². The minimum atomic E-state index is -1.27. The van der Waals surface area contributed by atoms with Crippen LogP contribution in [0.5, 0.6) is 0 Å². The molecule has 88 valence electrons. The predicted octanol–water partition coefficient (Wildman–Crippen LogP) is 0.431. The molecule has 1 N–H and O–H groups in total. The van der Waals surface area contributed by atoms with E-state index in [0.29, 0.717) is 0 Å². The van der Waals surface area contributed by atoms with Crippen LogP contribution in [0.15, 0.2) is 11.8 Å². The van der Waals surface area contributed by atoms with Crippen molar-refractivity contribution in [3.63, 3.8) is 0 Å². The van der Waals surface area contributed by atoms with Crippen LogP contribution >= 0.6 is 0 Å². The number of ether oxygens (including phenoxy) is 1. The molecule has 1 unspecified atom stereocenters. The third-order valence-electron chi connectivity index (χ3n) is 2.40. The quantitative estimate of drug-likeness (QED) is 0.425. The summed E-state index contributed by atoms with van der Waals surface area (Å²) in [6, 6.07) is 0. The van der Waals surface area contributed by atoms with Crippen molar-refractivity contribution in [2.75, 3.05) is 6.61 Å². The molecule has 1 aliphatic carbocycles. The summed E-state index contributed by atoms with van der Waals surface area (Å²) in [5.41, 5.74) is -0.329. The van der Waals surface area contributed by atoms with Gasteiger partial charge in [-0.3, -0.25) is 19.7 Å². The molecule has 1 rings (SSSR count). The molecule has 0 saturated heterocycles. The molecule has 0 radical (unpaired) electrons. The molecule has 16 heavy (non-hydrogen) atoms. The van der Waals surface area contributed by atoms with Gasteiger partial charge in [0.1, 0.15) is 0 Å². The molecule has 0 aliphatic heterocycles. The van der Waals surface area contributed by atoms with Gasteiger partial charge in [-0.2, -0.15) is 0 Å². The maximum absolute atomic E-state index is 10.9. The fourth-order valence-electron chi connectivity index (χ4n) is 1.68. The second-order valence-electron chi connectivity index (χ2n) is 3.50. The van der Waals surface area contributed by atoms with Crippen molar-refractivity contribution in [2.45, 2.75) is 13.3 Å². The van der Waals surface area contributed by atoms with Crippen molar-refractivity contribution >= 4 is 11.9 Å². The fourth-order valence-corrected chi connectivity index (χ4v) is 1.68. The lowest BCUT2D eigenvalue weighted by atomic mass is 9.95. The largest absolute Gasteiger partial charge is 0.481 e. The molecule has 7 heteroatoms. The normalized spacial score (nSPS) is 23.7. The Balaban J connectivity index is 2.73. The monoisotopic (exact) mass is 229 g/mol. The molecule has 2 atom stereocenters. The zero-order valence-corrected chi connectivity index (χ0v) is 8.58. The van der Waals surface area contributed by atoms with Crippen molar-refractivity contribution in [2.24, 2.45) is 11.8 Å². The van der Waals surface area contributed by atoms with Gasteiger partial charge in [-0.25, -0.2) is 0 Å². The van der Waals surface area contributed by atoms with Crippen LogP contribution in [0.25, 0.3) is 0 Å². The van der Waals surface area contributed by atoms with Gasteiger partial charge in [-0.15, -0.1) is 0 Å². The van der Waals surface area contributed by atoms with Gasteiger partial charge in [-0.1, -0.05) is 0 Å². The highest BCUT2D eigenvalue weighted by Gasteiger charge is 2.43. The summed E-state index contributed by atoms with van der Waals surface area (Å²) in [5.74, 6) is -3.55. The van der Waals surface area contributed by atoms with E-state index < -0.39 is 28.7 Å². The van der Waals surface area contributed by atoms with Gasteiger partial charge in [0, 0.05) is 12.8 Å². The van der Waals surface area contributed by atoms with E-state index in [1.54, 1.807) is 0 Å². The Bertz CT molecular complexity index is 361. The number of hydrogen-bond donors (Lipinski definition) is 1. The number of carboxylic acid groups (broad SMARTS) is 1. The van der Waals surface area contributed by atoms with Crippen LogP contribution in [0.3, 0.4) is 0 Å². The number of allylic oxidation sites excluding steroid dienone is 1. The van der Waals surface area contributed by atoms with Crippen LogP contribution in [0.2, 0.25) is 0 Å². The van der Waals surface area contributed by atoms with Crippen molar-refractivity contribution < 1.29 is 24.4 Å². The number of aliphatic carboxylic acids is 1. The first-order chi connectivity index (χ1) is 7.43. The molecule has 0 spiro atoms. The van der Waals surface area contributed by atoms with Gasteiger partial charge in [0.25, 0.3) is 5.70 Å². The Labute approximate surface area is 90.8 Å². The average molecular weight is 229 g/mol. The van der Waals surface area contributed by atoms with E-state index >= 15 is 0 Å². The molecular weight excluding hydrogens is 218 g/mol. The number of carboxylic acids is 1. The van der Waals surface area contributed by atoms with Crippen LogP contribution < -0.4 is 0 Å². The van der Waals surface area contributed by atoms with Crippen LogP contribution in [0.1, 0.15) is 13.3 Å². The van der Waals surface area contributed by atoms with Crippen LogP contribution in [-0.4, -0.2) is 28.6 Å². The molecule has 0 fully saturated rings. The fraction of sp³-hybridized carbons (Fsp3) is 0.556. The van der Waals surface area contributed by atoms with Gasteiger partial charge >= 0.3 is 11.9 Å². The first kappa shape index (κ1) is 12.2. The first-order valence-corrected chi connectivity index (χ1v) is 4.64. The summed E-state index contributed by atoms with van der Waals surface area (Å²) < 4.78 is 4.68. The molecule has 1 aliphatic rings. The summed E-state index contributed by atoms with van der Waals surface area (Å²) in [6.45, 7) is 1.09. The van der Waals surface area contributed by atoms with Crippen LogP contribution in [-0.2, 0) is 14.3 Å². The number of esters is 1. The number of carbonyl (C=O) groups is 2. The molecule has 7 nitrogen and oxygen atoms in total. The topological polar surface area (TPSA) is 107 Å². The second-order valence-corrected chi connectivity index (χ2v) is 3.50. The Morgan fingerprint density at radius 3 is 2.75 bits per heavy atom. The Hall–Kier alpha value is -1.92. The lowest BCUT2D eigenvalue weighted by Gasteiger charge is -2.14. The SMILES string of the molecule is CC(=O)OC[C@@H]1CC=C([N+](=O)[O-])C1C(=O)O. The van der Waals surface area contributed by atoms with E-state index in [2.05, 4.69) is 4.74 Å². The van der Waals surface area contributed by atoms with Gasteiger partial charge in [0.05, 0.1) is 11.5 Å². The Morgan fingerprint density at radius 1 is 1.69 bits per heavy atom. The number of rotatable bonds is 4. The molecule has 0 saturated carbocycles. The van der Waals surface area contributed by atoms with E-state index in [9.17, 15) is 19.7 Å². The predicted molar refractivity (Wildman–Crippen MR) is 50.9 cm³/mol. The highest BCUT2D eigenvalue weighted by molar-refractivity contribution is 5.74. The lowest BCUT2D eigenvalue weighted by Crippen LogP contribution is -2.27. The molecule has 0 aromatic rings. The average Bonchev–Trinajstić information content (AvgIpc) is 2.57. The summed E-state index contributed by atoms with van der Waals surface area (Å²) in [6.07, 6.45) is 1.51. The highest BCUT2D eigenvalue weighted by atomic mass is 16.6. The summed E-state index contributed by atoms with van der Waals surface area (Å²) in [5, 5.41) is 19.4. The zero-order valence-electron chi connectivity index (χ0n) is 8.58. The second kappa shape index (κ2) is 4.73. The zero-order chi connectivity index (χ0) is 12.3. The Morgan fingerprint density at radius 2 is 2.31 bits per heavy atom. The van der Waals surface area contributed by atoms with Gasteiger partial charge in [0.15, 0.2) is 5.92 Å². The standard InChI is InChI=1S/C9H11NO6/c1-5(11)16-4-6-2-3-7(10(14)15)8(6)9(12)13/h3,6,8H,2,4H2,1H3,(H,12,13)/t6-,8?/m0/s1. The summed E-state index contributed by atoms with van der Waals surface area (Å²) in [4.78, 5) is 31.3.